The molecule has 2 aliphatic rings. The van der Waals surface area contributed by atoms with Crippen molar-refractivity contribution >= 4 is 35.3 Å². The molecule has 0 saturated carbocycles. The van der Waals surface area contributed by atoms with Gasteiger partial charge in [0, 0.05) is 23.5 Å². The van der Waals surface area contributed by atoms with Crippen LogP contribution in [-0.4, -0.2) is 51.7 Å². The highest BCUT2D eigenvalue weighted by atomic mass is 35.5. The minimum atomic E-state index is -0.955. The lowest BCUT2D eigenvalue weighted by Gasteiger charge is -2.45. The van der Waals surface area contributed by atoms with Gasteiger partial charge in [-0.3, -0.25) is 4.90 Å². The minimum Gasteiger partial charge on any atom is -0.458 e. The van der Waals surface area contributed by atoms with Crippen molar-refractivity contribution in [3.05, 3.63) is 83.2 Å². The van der Waals surface area contributed by atoms with Crippen molar-refractivity contribution in [1.29, 1.82) is 0 Å². The number of amides is 4. The molecule has 0 aromatic heterocycles. The first kappa shape index (κ1) is 26.8. The highest BCUT2D eigenvalue weighted by molar-refractivity contribution is 6.30. The van der Waals surface area contributed by atoms with Crippen LogP contribution < -0.4 is 27.1 Å². The Morgan fingerprint density at radius 2 is 1.82 bits per heavy atom. The van der Waals surface area contributed by atoms with E-state index in [9.17, 15) is 14.4 Å². The van der Waals surface area contributed by atoms with E-state index in [1.54, 1.807) is 48.7 Å². The van der Waals surface area contributed by atoms with E-state index in [1.165, 1.54) is 11.0 Å². The topological polar surface area (TPSA) is 155 Å². The van der Waals surface area contributed by atoms with Gasteiger partial charge in [0.15, 0.2) is 0 Å². The van der Waals surface area contributed by atoms with Crippen LogP contribution in [0, 0.1) is 0 Å². The number of ether oxygens (including phenoxy) is 1. The van der Waals surface area contributed by atoms with Gasteiger partial charge in [-0.2, -0.15) is 5.90 Å². The van der Waals surface area contributed by atoms with Crippen molar-refractivity contribution in [3.63, 3.8) is 0 Å². The van der Waals surface area contributed by atoms with Crippen LogP contribution in [0.15, 0.2) is 72.6 Å². The molecule has 4 rings (SSSR count). The van der Waals surface area contributed by atoms with E-state index < -0.39 is 30.4 Å². The van der Waals surface area contributed by atoms with E-state index in [0.29, 0.717) is 28.6 Å². The lowest BCUT2D eigenvalue weighted by atomic mass is 10.2. The van der Waals surface area contributed by atoms with E-state index in [4.69, 9.17) is 28.1 Å². The quantitative estimate of drug-likeness (QED) is 0.213. The molecule has 1 fully saturated rings. The number of nitrogens with one attached hydrogen (secondary N) is 2. The number of rotatable bonds is 9. The fourth-order valence-electron chi connectivity index (χ4n) is 3.92. The van der Waals surface area contributed by atoms with Gasteiger partial charge in [-0.1, -0.05) is 30.7 Å². The molecule has 200 valence electrons. The van der Waals surface area contributed by atoms with E-state index in [2.05, 4.69) is 15.5 Å². The van der Waals surface area contributed by atoms with Crippen LogP contribution in [0.3, 0.4) is 0 Å². The zero-order chi connectivity index (χ0) is 27.2. The van der Waals surface area contributed by atoms with Gasteiger partial charge in [-0.15, -0.1) is 0 Å². The second kappa shape index (κ2) is 11.9. The van der Waals surface area contributed by atoms with Crippen LogP contribution in [0.1, 0.15) is 18.9 Å². The molecule has 2 aromatic carbocycles. The average Bonchev–Trinajstić information content (AvgIpc) is 2.93. The molecule has 0 spiro atoms. The van der Waals surface area contributed by atoms with Crippen molar-refractivity contribution in [2.45, 2.75) is 32.2 Å². The summed E-state index contributed by atoms with van der Waals surface area (Å²) in [7, 11) is 0. The lowest BCUT2D eigenvalue weighted by Crippen LogP contribution is -2.70. The third-order valence-electron chi connectivity index (χ3n) is 5.81. The first-order valence-corrected chi connectivity index (χ1v) is 12.2. The highest BCUT2D eigenvalue weighted by Gasteiger charge is 2.42. The van der Waals surface area contributed by atoms with Crippen molar-refractivity contribution < 1.29 is 24.0 Å². The van der Waals surface area contributed by atoms with Gasteiger partial charge < -0.3 is 20.2 Å². The Hall–Kier alpha value is -4.26. The zero-order valence-corrected chi connectivity index (χ0v) is 21.3. The predicted molar refractivity (Wildman–Crippen MR) is 140 cm³/mol. The molecule has 38 heavy (non-hydrogen) atoms. The van der Waals surface area contributed by atoms with Crippen LogP contribution in [0.5, 0.6) is 5.75 Å². The number of benzene rings is 2. The van der Waals surface area contributed by atoms with Gasteiger partial charge in [-0.05, 0) is 60.5 Å². The maximum Gasteiger partial charge on any atom is 0.351 e. The molecule has 4 amide bonds. The number of allylic oxidation sites excluding steroid dienone is 1. The van der Waals surface area contributed by atoms with Crippen LogP contribution in [0.25, 0.3) is 0 Å². The van der Waals surface area contributed by atoms with Crippen LogP contribution in [-0.2, 0) is 16.2 Å². The molecule has 2 atom stereocenters. The standard InChI is InChI=1S/C25H28ClN7O5/c1-2-13-31-24(35)32(15-16-3-5-17(26)6-4-16)23(33(27)25(31)36)30-18-7-9-19(10-8-18)37-20-11-12-29-21(14-20)22(34)38-28/h3-12,14,21,23,29-30H,2,13,15,27-28H2,1H3. The average molecular weight is 542 g/mol. The van der Waals surface area contributed by atoms with Gasteiger partial charge in [0.1, 0.15) is 17.6 Å². The maximum atomic E-state index is 13.3. The van der Waals surface area contributed by atoms with E-state index in [-0.39, 0.29) is 13.1 Å². The molecule has 0 radical (unpaired) electrons. The molecule has 1 saturated heterocycles. The van der Waals surface area contributed by atoms with Crippen molar-refractivity contribution in [2.75, 3.05) is 11.9 Å². The number of hydrogen-bond acceptors (Lipinski definition) is 9. The number of carbonyl (C=O) groups excluding carboxylic acids is 3. The van der Waals surface area contributed by atoms with Crippen LogP contribution in [0.4, 0.5) is 15.3 Å². The number of carbonyl (C=O) groups is 3. The summed E-state index contributed by atoms with van der Waals surface area (Å²) >= 11 is 6.01. The van der Waals surface area contributed by atoms with Gasteiger partial charge in [0.05, 0.1) is 6.54 Å². The number of dihydropyridines is 1. The fraction of sp³-hybridized carbons (Fsp3) is 0.240. The van der Waals surface area contributed by atoms with E-state index in [0.717, 1.165) is 15.5 Å². The SMILES string of the molecule is CCCN1C(=O)N(N)C(Nc2ccc(OC3=CC(C(=O)ON)NC=C3)cc2)N(Cc2ccc(Cl)cc2)C1=O. The Labute approximate surface area is 224 Å². The molecular formula is C25H28ClN7O5. The Kier molecular flexibility index (Phi) is 8.36. The summed E-state index contributed by atoms with van der Waals surface area (Å²) in [5.41, 5.74) is 1.40. The Balaban J connectivity index is 1.51. The molecule has 6 N–H and O–H groups in total. The largest absolute Gasteiger partial charge is 0.458 e. The predicted octanol–water partition coefficient (Wildman–Crippen LogP) is 2.84. The zero-order valence-electron chi connectivity index (χ0n) is 20.5. The number of imide groups is 1. The molecule has 2 heterocycles. The van der Waals surface area contributed by atoms with Crippen molar-refractivity contribution in [3.8, 4) is 5.75 Å². The summed E-state index contributed by atoms with van der Waals surface area (Å²) in [5, 5.41) is 7.53. The van der Waals surface area contributed by atoms with Gasteiger partial charge in [-0.25, -0.2) is 30.1 Å². The Morgan fingerprint density at radius 3 is 2.47 bits per heavy atom. The Bertz CT molecular complexity index is 1240. The molecular weight excluding hydrogens is 514 g/mol. The molecule has 0 bridgehead atoms. The number of hydrazine groups is 1. The smallest absolute Gasteiger partial charge is 0.351 e. The molecule has 0 aliphatic carbocycles. The van der Waals surface area contributed by atoms with Gasteiger partial charge >= 0.3 is 18.0 Å². The summed E-state index contributed by atoms with van der Waals surface area (Å²) in [5.74, 6) is 11.4. The monoisotopic (exact) mass is 541 g/mol. The first-order chi connectivity index (χ1) is 18.3. The molecule has 2 unspecified atom stereocenters. The van der Waals surface area contributed by atoms with Gasteiger partial charge in [0.2, 0.25) is 6.29 Å². The number of nitrogens with zero attached hydrogens (tertiary/aromatic N) is 3. The summed E-state index contributed by atoms with van der Waals surface area (Å²) in [6, 6.07) is 12.1. The van der Waals surface area contributed by atoms with Crippen molar-refractivity contribution in [2.24, 2.45) is 11.7 Å². The normalized spacial score (nSPS) is 19.2. The maximum absolute atomic E-state index is 13.3. The molecule has 13 heteroatoms. The fourth-order valence-corrected chi connectivity index (χ4v) is 4.05. The van der Waals surface area contributed by atoms with Crippen LogP contribution >= 0.6 is 11.6 Å². The highest BCUT2D eigenvalue weighted by Crippen LogP contribution is 2.25. The second-order valence-corrected chi connectivity index (χ2v) is 8.94. The number of nitrogens with two attached hydrogens (primary N) is 2. The number of anilines is 1. The second-order valence-electron chi connectivity index (χ2n) is 8.51. The summed E-state index contributed by atoms with van der Waals surface area (Å²) < 4.78 is 5.82. The number of halogens is 1. The summed E-state index contributed by atoms with van der Waals surface area (Å²) in [6.07, 6.45) is 4.37. The third-order valence-corrected chi connectivity index (χ3v) is 6.06. The number of hydrogen-bond donors (Lipinski definition) is 4. The molecule has 2 aromatic rings. The first-order valence-electron chi connectivity index (χ1n) is 11.8. The van der Waals surface area contributed by atoms with Gasteiger partial charge in [0.25, 0.3) is 0 Å². The Morgan fingerprint density at radius 1 is 1.11 bits per heavy atom. The number of urea groups is 2. The summed E-state index contributed by atoms with van der Waals surface area (Å²) in [6.45, 7) is 2.31. The van der Waals surface area contributed by atoms with E-state index >= 15 is 0 Å². The van der Waals surface area contributed by atoms with Crippen LogP contribution in [0.2, 0.25) is 5.02 Å². The minimum absolute atomic E-state index is 0.191. The van der Waals surface area contributed by atoms with Crippen molar-refractivity contribution in [1.82, 2.24) is 20.1 Å². The summed E-state index contributed by atoms with van der Waals surface area (Å²) in [4.78, 5) is 44.7. The molecule has 12 nitrogen and oxygen atoms in total. The lowest BCUT2D eigenvalue weighted by molar-refractivity contribution is -0.145. The third kappa shape index (κ3) is 5.99. The van der Waals surface area contributed by atoms with E-state index in [1.807, 2.05) is 19.1 Å². The molecule has 2 aliphatic heterocycles.